The molecule has 1 amide bonds. The topological polar surface area (TPSA) is 55.0 Å². The first-order valence-electron chi connectivity index (χ1n) is 14.2. The van der Waals surface area contributed by atoms with E-state index in [0.717, 1.165) is 38.6 Å². The Hall–Kier alpha value is -3.96. The van der Waals surface area contributed by atoms with Crippen molar-refractivity contribution in [3.63, 3.8) is 0 Å². The number of rotatable bonds is 6. The highest BCUT2D eigenvalue weighted by atomic mass is 16.3. The maximum Gasteiger partial charge on any atom is 0.294 e. The van der Waals surface area contributed by atoms with Gasteiger partial charge in [-0.25, -0.2) is 0 Å². The van der Waals surface area contributed by atoms with Crippen LogP contribution in [0.25, 0.3) is 0 Å². The Labute approximate surface area is 236 Å². The molecular formula is C35H37N2O3+. The van der Waals surface area contributed by atoms with Crippen LogP contribution in [0.15, 0.2) is 89.5 Å². The number of nitrogens with zero attached hydrogens (tertiary/aromatic N) is 1. The van der Waals surface area contributed by atoms with E-state index < -0.39 is 11.5 Å². The molecule has 1 spiro atoms. The monoisotopic (exact) mass is 533 g/mol. The number of carbonyl (C=O) groups is 2. The molecule has 5 heteroatoms. The van der Waals surface area contributed by atoms with Crippen LogP contribution in [-0.4, -0.2) is 25.3 Å². The molecule has 4 unspecified atom stereocenters. The molecule has 5 nitrogen and oxygen atoms in total. The summed E-state index contributed by atoms with van der Waals surface area (Å²) in [6, 6.07) is 26.2. The zero-order valence-electron chi connectivity index (χ0n) is 23.9. The molecule has 2 aliphatic rings. The smallest absolute Gasteiger partial charge is 0.294 e. The molecule has 1 saturated heterocycles. The largest absolute Gasteiger partial charge is 0.469 e. The van der Waals surface area contributed by atoms with Gasteiger partial charge in [-0.15, -0.1) is 0 Å². The molecule has 2 aliphatic heterocycles. The summed E-state index contributed by atoms with van der Waals surface area (Å²) < 4.78 is 5.92. The Morgan fingerprint density at radius 3 is 2.48 bits per heavy atom. The van der Waals surface area contributed by atoms with E-state index in [1.54, 1.807) is 6.26 Å². The summed E-state index contributed by atoms with van der Waals surface area (Å²) in [7, 11) is 2.06. The van der Waals surface area contributed by atoms with E-state index in [1.807, 2.05) is 65.6 Å². The minimum atomic E-state index is -1.06. The van der Waals surface area contributed by atoms with Crippen molar-refractivity contribution in [1.82, 2.24) is 0 Å². The number of anilines is 1. The number of Topliss-reactive ketones (excluding diaryl/α,β-unsaturated/α-hetero) is 1. The zero-order chi connectivity index (χ0) is 28.2. The lowest BCUT2D eigenvalue weighted by molar-refractivity contribution is -0.918. The lowest BCUT2D eigenvalue weighted by Gasteiger charge is -2.33. The minimum Gasteiger partial charge on any atom is -0.469 e. The summed E-state index contributed by atoms with van der Waals surface area (Å²) in [5.74, 6) is 0.260. The summed E-state index contributed by atoms with van der Waals surface area (Å²) in [5, 5.41) is 0. The molecule has 6 rings (SSSR count). The maximum absolute atomic E-state index is 14.9. The van der Waals surface area contributed by atoms with Crippen LogP contribution in [0.5, 0.6) is 0 Å². The van der Waals surface area contributed by atoms with Gasteiger partial charge in [0.1, 0.15) is 11.7 Å². The molecule has 1 fully saturated rings. The van der Waals surface area contributed by atoms with Crippen molar-refractivity contribution in [2.24, 2.45) is 5.92 Å². The molecule has 0 radical (unpaired) electrons. The molecule has 0 aliphatic carbocycles. The van der Waals surface area contributed by atoms with Crippen LogP contribution in [0.4, 0.5) is 5.69 Å². The van der Waals surface area contributed by atoms with Crippen molar-refractivity contribution in [2.75, 3.05) is 18.5 Å². The predicted octanol–water partition coefficient (Wildman–Crippen LogP) is 5.57. The van der Waals surface area contributed by atoms with Crippen molar-refractivity contribution < 1.29 is 18.9 Å². The number of para-hydroxylation sites is 1. The lowest BCUT2D eigenvalue weighted by Crippen LogP contribution is -3.16. The summed E-state index contributed by atoms with van der Waals surface area (Å²) >= 11 is 0. The van der Waals surface area contributed by atoms with Gasteiger partial charge in [0.15, 0.2) is 5.78 Å². The fourth-order valence-corrected chi connectivity index (χ4v) is 7.03. The van der Waals surface area contributed by atoms with Crippen molar-refractivity contribution >= 4 is 17.4 Å². The van der Waals surface area contributed by atoms with Gasteiger partial charge in [0.05, 0.1) is 38.0 Å². The number of nitrogens with one attached hydrogen (secondary N) is 1. The second-order valence-electron chi connectivity index (χ2n) is 11.9. The first-order chi connectivity index (χ1) is 19.2. The number of ketones is 1. The Kier molecular flexibility index (Phi) is 6.50. The second kappa shape index (κ2) is 9.90. The molecule has 4 aromatic rings. The van der Waals surface area contributed by atoms with Crippen LogP contribution >= 0.6 is 0 Å². The van der Waals surface area contributed by atoms with Gasteiger partial charge >= 0.3 is 0 Å². The van der Waals surface area contributed by atoms with Crippen LogP contribution in [-0.2, 0) is 16.9 Å². The first kappa shape index (κ1) is 26.3. The van der Waals surface area contributed by atoms with Crippen molar-refractivity contribution in [3.05, 3.63) is 124 Å². The van der Waals surface area contributed by atoms with Crippen LogP contribution < -0.4 is 9.80 Å². The first-order valence-corrected chi connectivity index (χ1v) is 14.2. The Balaban J connectivity index is 1.51. The number of quaternary nitrogens is 1. The number of furan rings is 1. The number of amides is 1. The summed E-state index contributed by atoms with van der Waals surface area (Å²) in [4.78, 5) is 32.5. The van der Waals surface area contributed by atoms with Crippen LogP contribution in [0.1, 0.15) is 69.6 Å². The highest BCUT2D eigenvalue weighted by molar-refractivity contribution is 6.12. The number of fused-ring (bicyclic) bond motifs is 2. The zero-order valence-corrected chi connectivity index (χ0v) is 23.9. The number of likely N-dealkylation sites (tertiary alicyclic amines) is 1. The molecular weight excluding hydrogens is 496 g/mol. The van der Waals surface area contributed by atoms with Crippen molar-refractivity contribution in [1.29, 1.82) is 0 Å². The third kappa shape index (κ3) is 3.95. The summed E-state index contributed by atoms with van der Waals surface area (Å²) in [6.07, 6.45) is 1.66. The number of hydrogen-bond donors (Lipinski definition) is 1. The van der Waals surface area contributed by atoms with Crippen molar-refractivity contribution in [3.8, 4) is 0 Å². The molecule has 0 bridgehead atoms. The predicted molar refractivity (Wildman–Crippen MR) is 157 cm³/mol. The third-order valence-corrected chi connectivity index (χ3v) is 9.16. The fourth-order valence-electron chi connectivity index (χ4n) is 7.03. The SMILES string of the molecule is Cc1ccc(C)c(CN2C(=O)C3(c4ccccc42)C(C(=O)c2ccc(C(C)C)cc2)C(c2ccco2)C[NH+]3C)c1. The minimum absolute atomic E-state index is 0.00899. The van der Waals surface area contributed by atoms with E-state index in [0.29, 0.717) is 24.6 Å². The number of aryl methyl sites for hydroxylation is 2. The van der Waals surface area contributed by atoms with Gasteiger partial charge in [0, 0.05) is 11.1 Å². The van der Waals surface area contributed by atoms with Gasteiger partial charge in [-0.3, -0.25) is 9.59 Å². The molecule has 1 N–H and O–H groups in total. The van der Waals surface area contributed by atoms with E-state index >= 15 is 0 Å². The number of benzene rings is 3. The number of carbonyl (C=O) groups excluding carboxylic acids is 2. The van der Waals surface area contributed by atoms with Gasteiger partial charge in [-0.2, -0.15) is 0 Å². The van der Waals surface area contributed by atoms with Crippen LogP contribution in [0.2, 0.25) is 0 Å². The fraction of sp³-hybridized carbons (Fsp3) is 0.314. The van der Waals surface area contributed by atoms with Gasteiger partial charge in [0.2, 0.25) is 5.54 Å². The molecule has 1 aromatic heterocycles. The average Bonchev–Trinajstić information content (AvgIpc) is 3.65. The maximum atomic E-state index is 14.9. The lowest BCUT2D eigenvalue weighted by atomic mass is 9.71. The highest BCUT2D eigenvalue weighted by Crippen LogP contribution is 2.51. The van der Waals surface area contributed by atoms with Crippen LogP contribution in [0, 0.1) is 19.8 Å². The molecule has 204 valence electrons. The Morgan fingerprint density at radius 2 is 1.77 bits per heavy atom. The number of likely N-dealkylation sites (N-methyl/N-ethyl adjacent to an activating group) is 1. The average molecular weight is 534 g/mol. The molecule has 3 heterocycles. The van der Waals surface area contributed by atoms with E-state index in [-0.39, 0.29) is 17.6 Å². The molecule has 0 saturated carbocycles. The normalized spacial score (nSPS) is 23.8. The molecule has 3 aromatic carbocycles. The summed E-state index contributed by atoms with van der Waals surface area (Å²) in [5.41, 5.74) is 6.01. The third-order valence-electron chi connectivity index (χ3n) is 9.16. The second-order valence-corrected chi connectivity index (χ2v) is 11.9. The standard InChI is InChI=1S/C35H36N2O3/c1-22(2)25-14-16-26(17-15-25)33(38)32-28(31-11-8-18-40-31)21-36(5)35(32)29-9-6-7-10-30(29)37(34(35)39)20-27-19-23(3)12-13-24(27)4/h6-19,22,28,32H,20-21H2,1-5H3/p+1. The van der Waals surface area contributed by atoms with E-state index in [9.17, 15) is 9.59 Å². The highest BCUT2D eigenvalue weighted by Gasteiger charge is 2.70. The van der Waals surface area contributed by atoms with Crippen LogP contribution in [0.3, 0.4) is 0 Å². The van der Waals surface area contributed by atoms with E-state index in [1.165, 1.54) is 5.56 Å². The number of hydrogen-bond acceptors (Lipinski definition) is 3. The summed E-state index contributed by atoms with van der Waals surface area (Å²) in [6.45, 7) is 9.54. The van der Waals surface area contributed by atoms with Gasteiger partial charge < -0.3 is 14.2 Å². The Morgan fingerprint density at radius 1 is 1.02 bits per heavy atom. The van der Waals surface area contributed by atoms with Gasteiger partial charge in [0.25, 0.3) is 5.91 Å². The van der Waals surface area contributed by atoms with Gasteiger partial charge in [-0.05, 0) is 54.7 Å². The van der Waals surface area contributed by atoms with Gasteiger partial charge in [-0.1, -0.05) is 80.1 Å². The van der Waals surface area contributed by atoms with E-state index in [4.69, 9.17) is 4.42 Å². The molecule has 40 heavy (non-hydrogen) atoms. The van der Waals surface area contributed by atoms with E-state index in [2.05, 4.69) is 52.9 Å². The Bertz CT molecular complexity index is 1570. The molecule has 4 atom stereocenters. The van der Waals surface area contributed by atoms with Crippen molar-refractivity contribution in [2.45, 2.75) is 51.6 Å². The quantitative estimate of drug-likeness (QED) is 0.330.